The highest BCUT2D eigenvalue weighted by Crippen LogP contribution is 2.16. The van der Waals surface area contributed by atoms with Gasteiger partial charge in [0.2, 0.25) is 0 Å². The van der Waals surface area contributed by atoms with Crippen LogP contribution in [0.15, 0.2) is 67.0 Å². The quantitative estimate of drug-likeness (QED) is 0.733. The van der Waals surface area contributed by atoms with Gasteiger partial charge in [0.1, 0.15) is 23.7 Å². The number of halogens is 1. The van der Waals surface area contributed by atoms with Crippen molar-refractivity contribution in [2.75, 3.05) is 16.8 Å². The molecule has 2 aromatic carbocycles. The van der Waals surface area contributed by atoms with Crippen LogP contribution >= 0.6 is 0 Å². The summed E-state index contributed by atoms with van der Waals surface area (Å²) in [4.78, 5) is 22.8. The Morgan fingerprint density at radius 1 is 1.08 bits per heavy atom. The fraction of sp³-hybridized carbons (Fsp3) is 0.150. The van der Waals surface area contributed by atoms with Gasteiger partial charge in [0.05, 0.1) is 0 Å². The Morgan fingerprint density at radius 2 is 1.88 bits per heavy atom. The molecule has 0 atom stereocenters. The zero-order valence-electron chi connectivity index (χ0n) is 14.4. The normalized spacial score (nSPS) is 10.4. The van der Waals surface area contributed by atoms with Crippen molar-refractivity contribution in [3.63, 3.8) is 0 Å². The smallest absolute Gasteiger partial charge is 0.274 e. The van der Waals surface area contributed by atoms with Gasteiger partial charge in [0.15, 0.2) is 0 Å². The summed E-state index contributed by atoms with van der Waals surface area (Å²) in [5.74, 6) is -0.156. The number of carbonyl (C=O) groups excluding carboxylic acids is 1. The molecule has 1 heterocycles. The summed E-state index contributed by atoms with van der Waals surface area (Å²) in [6.45, 7) is 3.44. The Labute approximate surface area is 151 Å². The topological polar surface area (TPSA) is 58.1 Å². The zero-order valence-corrected chi connectivity index (χ0v) is 14.4. The summed E-state index contributed by atoms with van der Waals surface area (Å²) in [6, 6.07) is 17.4. The lowest BCUT2D eigenvalue weighted by atomic mass is 10.2. The number of hydrogen-bond acceptors (Lipinski definition) is 4. The molecule has 0 aliphatic heterocycles. The molecule has 0 unspecified atom stereocenters. The SMILES string of the molecule is CCN(Cc1ccccc1)c1cc(C(=O)Nc2cccc(F)c2)ncn1. The van der Waals surface area contributed by atoms with Crippen LogP contribution in [0.5, 0.6) is 0 Å². The first kappa shape index (κ1) is 17.5. The molecule has 0 aliphatic carbocycles. The molecule has 26 heavy (non-hydrogen) atoms. The number of carbonyl (C=O) groups is 1. The van der Waals surface area contributed by atoms with Crippen LogP contribution in [0.1, 0.15) is 23.0 Å². The molecule has 0 aliphatic rings. The fourth-order valence-electron chi connectivity index (χ4n) is 2.56. The first-order valence-electron chi connectivity index (χ1n) is 8.33. The third-order valence-electron chi connectivity index (χ3n) is 3.89. The van der Waals surface area contributed by atoms with E-state index in [1.54, 1.807) is 12.1 Å². The van der Waals surface area contributed by atoms with Gasteiger partial charge in [-0.1, -0.05) is 36.4 Å². The van der Waals surface area contributed by atoms with Crippen LogP contribution in [-0.4, -0.2) is 22.4 Å². The molecular weight excluding hydrogens is 331 g/mol. The first-order chi connectivity index (χ1) is 12.7. The number of anilines is 2. The van der Waals surface area contributed by atoms with Crippen molar-refractivity contribution in [3.8, 4) is 0 Å². The summed E-state index contributed by atoms with van der Waals surface area (Å²) >= 11 is 0. The van der Waals surface area contributed by atoms with Crippen molar-refractivity contribution in [1.29, 1.82) is 0 Å². The van der Waals surface area contributed by atoms with Gasteiger partial charge in [0.25, 0.3) is 5.91 Å². The van der Waals surface area contributed by atoms with Gasteiger partial charge < -0.3 is 10.2 Å². The molecule has 5 nitrogen and oxygen atoms in total. The predicted octanol–water partition coefficient (Wildman–Crippen LogP) is 3.89. The van der Waals surface area contributed by atoms with Gasteiger partial charge in [0, 0.05) is 24.8 Å². The number of nitrogens with zero attached hydrogens (tertiary/aromatic N) is 3. The van der Waals surface area contributed by atoms with Crippen LogP contribution in [-0.2, 0) is 6.54 Å². The van der Waals surface area contributed by atoms with E-state index in [9.17, 15) is 9.18 Å². The standard InChI is InChI=1S/C20H19FN4O/c1-2-25(13-15-7-4-3-5-8-15)19-12-18(22-14-23-19)20(26)24-17-10-6-9-16(21)11-17/h3-12,14H,2,13H2,1H3,(H,24,26). The Bertz CT molecular complexity index is 886. The summed E-state index contributed by atoms with van der Waals surface area (Å²) < 4.78 is 13.3. The molecule has 6 heteroatoms. The molecule has 0 radical (unpaired) electrons. The largest absolute Gasteiger partial charge is 0.352 e. The lowest BCUT2D eigenvalue weighted by Gasteiger charge is -2.22. The second-order valence-corrected chi connectivity index (χ2v) is 5.73. The molecular formula is C20H19FN4O. The second-order valence-electron chi connectivity index (χ2n) is 5.73. The van der Waals surface area contributed by atoms with Crippen LogP contribution in [0.25, 0.3) is 0 Å². The minimum Gasteiger partial charge on any atom is -0.352 e. The molecule has 1 amide bonds. The van der Waals surface area contributed by atoms with Crippen molar-refractivity contribution in [1.82, 2.24) is 9.97 Å². The molecule has 3 aromatic rings. The molecule has 3 rings (SSSR count). The van der Waals surface area contributed by atoms with Crippen molar-refractivity contribution in [2.24, 2.45) is 0 Å². The molecule has 1 N–H and O–H groups in total. The van der Waals surface area contributed by atoms with Crippen LogP contribution in [0.2, 0.25) is 0 Å². The van der Waals surface area contributed by atoms with E-state index in [-0.39, 0.29) is 5.69 Å². The van der Waals surface area contributed by atoms with Gasteiger partial charge in [-0.2, -0.15) is 0 Å². The maximum absolute atomic E-state index is 13.3. The summed E-state index contributed by atoms with van der Waals surface area (Å²) in [5, 5.41) is 2.65. The molecule has 0 fully saturated rings. The lowest BCUT2D eigenvalue weighted by Crippen LogP contribution is -2.24. The number of benzene rings is 2. The second kappa shape index (κ2) is 8.20. The van der Waals surface area contributed by atoms with E-state index >= 15 is 0 Å². The number of nitrogens with one attached hydrogen (secondary N) is 1. The molecule has 0 bridgehead atoms. The number of hydrogen-bond donors (Lipinski definition) is 1. The van der Waals surface area contributed by atoms with Gasteiger partial charge in [-0.05, 0) is 30.7 Å². The third-order valence-corrected chi connectivity index (χ3v) is 3.89. The third kappa shape index (κ3) is 4.42. The van der Waals surface area contributed by atoms with Crippen molar-refractivity contribution in [3.05, 3.63) is 84.1 Å². The van der Waals surface area contributed by atoms with Gasteiger partial charge in [-0.25, -0.2) is 14.4 Å². The van der Waals surface area contributed by atoms with E-state index in [1.165, 1.54) is 24.5 Å². The highest BCUT2D eigenvalue weighted by molar-refractivity contribution is 6.03. The number of rotatable bonds is 6. The van der Waals surface area contributed by atoms with E-state index in [4.69, 9.17) is 0 Å². The van der Waals surface area contributed by atoms with Gasteiger partial charge >= 0.3 is 0 Å². The number of aromatic nitrogens is 2. The highest BCUT2D eigenvalue weighted by atomic mass is 19.1. The molecule has 0 spiro atoms. The van der Waals surface area contributed by atoms with E-state index in [0.717, 1.165) is 12.1 Å². The average Bonchev–Trinajstić information content (AvgIpc) is 2.67. The molecule has 132 valence electrons. The minimum atomic E-state index is -0.411. The van der Waals surface area contributed by atoms with Gasteiger partial charge in [-0.15, -0.1) is 0 Å². The Morgan fingerprint density at radius 3 is 2.62 bits per heavy atom. The summed E-state index contributed by atoms with van der Waals surface area (Å²) in [6.07, 6.45) is 1.36. The monoisotopic (exact) mass is 350 g/mol. The van der Waals surface area contributed by atoms with E-state index in [2.05, 4.69) is 20.2 Å². The Hall–Kier alpha value is -3.28. The van der Waals surface area contributed by atoms with Crippen molar-refractivity contribution >= 4 is 17.4 Å². The van der Waals surface area contributed by atoms with Crippen LogP contribution in [0.3, 0.4) is 0 Å². The van der Waals surface area contributed by atoms with Crippen molar-refractivity contribution < 1.29 is 9.18 Å². The van der Waals surface area contributed by atoms with E-state index in [1.807, 2.05) is 37.3 Å². The summed E-state index contributed by atoms with van der Waals surface area (Å²) in [7, 11) is 0. The van der Waals surface area contributed by atoms with Crippen molar-refractivity contribution in [2.45, 2.75) is 13.5 Å². The summed E-state index contributed by atoms with van der Waals surface area (Å²) in [5.41, 5.74) is 1.76. The first-order valence-corrected chi connectivity index (χ1v) is 8.33. The Balaban J connectivity index is 1.77. The minimum absolute atomic E-state index is 0.228. The predicted molar refractivity (Wildman–Crippen MR) is 99.6 cm³/mol. The molecule has 0 saturated heterocycles. The highest BCUT2D eigenvalue weighted by Gasteiger charge is 2.13. The Kier molecular flexibility index (Phi) is 5.53. The van der Waals surface area contributed by atoms with Gasteiger partial charge in [-0.3, -0.25) is 4.79 Å². The van der Waals surface area contributed by atoms with Crippen LogP contribution < -0.4 is 10.2 Å². The lowest BCUT2D eigenvalue weighted by molar-refractivity contribution is 0.102. The molecule has 0 saturated carbocycles. The van der Waals surface area contributed by atoms with Crippen LogP contribution in [0.4, 0.5) is 15.9 Å². The van der Waals surface area contributed by atoms with E-state index < -0.39 is 11.7 Å². The number of amides is 1. The average molecular weight is 350 g/mol. The maximum atomic E-state index is 13.3. The van der Waals surface area contributed by atoms with E-state index in [0.29, 0.717) is 18.1 Å². The molecule has 1 aromatic heterocycles. The fourth-order valence-corrected chi connectivity index (χ4v) is 2.56. The maximum Gasteiger partial charge on any atom is 0.274 e. The zero-order chi connectivity index (χ0) is 18.4. The van der Waals surface area contributed by atoms with Crippen LogP contribution in [0, 0.1) is 5.82 Å².